The molecule has 0 unspecified atom stereocenters. The Morgan fingerprint density at radius 1 is 1.07 bits per heavy atom. The van der Waals surface area contributed by atoms with Gasteiger partial charge in [0.1, 0.15) is 17.9 Å². The highest BCUT2D eigenvalue weighted by atomic mass is 16.7. The number of ether oxygens (including phenoxy) is 1. The third-order valence-electron chi connectivity index (χ3n) is 12.6. The van der Waals surface area contributed by atoms with Crippen LogP contribution in [0.5, 0.6) is 5.75 Å². The number of carbonyl (C=O) groups is 2. The molecule has 1 heterocycles. The Morgan fingerprint density at radius 2 is 1.80 bits per heavy atom. The number of methoxy groups -OCH3 is 1. The van der Waals surface area contributed by atoms with Crippen LogP contribution in [0.4, 0.5) is 5.69 Å². The number of amides is 2. The Bertz CT molecular complexity index is 1620. The van der Waals surface area contributed by atoms with Crippen LogP contribution >= 0.6 is 0 Å². The molecule has 11 nitrogen and oxygen atoms in total. The lowest BCUT2D eigenvalue weighted by Crippen LogP contribution is -2.62. The predicted molar refractivity (Wildman–Crippen MR) is 219 cm³/mol. The second-order valence-corrected chi connectivity index (χ2v) is 18.4. The largest absolute Gasteiger partial charge is 0.496 e. The van der Waals surface area contributed by atoms with Crippen LogP contribution in [0.25, 0.3) is 11.1 Å². The molecule has 9 atom stereocenters. The number of nitrogens with zero attached hydrogens (tertiary/aromatic N) is 2. The molecule has 2 amide bonds. The van der Waals surface area contributed by atoms with Gasteiger partial charge in [-0.15, -0.1) is 0 Å². The van der Waals surface area contributed by atoms with Crippen molar-refractivity contribution in [2.24, 2.45) is 40.9 Å². The molecule has 3 saturated carbocycles. The van der Waals surface area contributed by atoms with Gasteiger partial charge in [0.15, 0.2) is 0 Å². The number of hydrogen-bond acceptors (Lipinski definition) is 9. The standard InChI is InChI=1S/C44H69N5O6/c1-25(2)15-34(23-48(9)10)46-42(52)31-16-30(17-33(18-31)45-21-26(3)4)35-14-12-13-29(41(35)54-11)22-49-40(39(28(6)51)38(24-50)55-49)43(53)47-37-20-32-19-36(27(37)5)44(32,7)8/h12-14,16-18,25-28,32,34,36-40,45,50-51H,15,19-24H2,1-11H3,(H,46,52)(H,47,53)/t27-,28-,32-,34-,36+,37-,38-,39+,40-/m0/s1. The van der Waals surface area contributed by atoms with Gasteiger partial charge < -0.3 is 35.8 Å². The Hall–Kier alpha value is -3.22. The highest BCUT2D eigenvalue weighted by Gasteiger charge is 2.57. The lowest BCUT2D eigenvalue weighted by molar-refractivity contribution is -0.183. The molecule has 5 N–H and O–H groups in total. The normalized spacial score (nSPS) is 27.2. The second-order valence-electron chi connectivity index (χ2n) is 18.4. The molecular formula is C44H69N5O6. The predicted octanol–water partition coefficient (Wildman–Crippen LogP) is 5.80. The number of aliphatic hydroxyl groups excluding tert-OH is 2. The van der Waals surface area contributed by atoms with Gasteiger partial charge in [-0.2, -0.15) is 5.06 Å². The summed E-state index contributed by atoms with van der Waals surface area (Å²) in [6.45, 7) is 18.5. The molecule has 2 aromatic carbocycles. The number of nitrogens with one attached hydrogen (secondary N) is 3. The minimum absolute atomic E-state index is 0.00577. The summed E-state index contributed by atoms with van der Waals surface area (Å²) in [7, 11) is 5.66. The summed E-state index contributed by atoms with van der Waals surface area (Å²) in [6.07, 6.45) is 1.35. The summed E-state index contributed by atoms with van der Waals surface area (Å²) in [6, 6.07) is 10.9. The van der Waals surface area contributed by atoms with E-state index in [1.54, 1.807) is 19.1 Å². The fraction of sp³-hybridized carbons (Fsp3) is 0.682. The highest BCUT2D eigenvalue weighted by Crippen LogP contribution is 2.61. The average Bonchev–Trinajstić information content (AvgIpc) is 3.49. The molecule has 1 aliphatic heterocycles. The smallest absolute Gasteiger partial charge is 0.251 e. The summed E-state index contributed by atoms with van der Waals surface area (Å²) in [4.78, 5) is 36.6. The van der Waals surface area contributed by atoms with Crippen LogP contribution in [0, 0.1) is 40.9 Å². The maximum atomic E-state index is 14.3. The van der Waals surface area contributed by atoms with Gasteiger partial charge >= 0.3 is 0 Å². The van der Waals surface area contributed by atoms with E-state index in [-0.39, 0.29) is 42.5 Å². The Morgan fingerprint density at radius 3 is 2.38 bits per heavy atom. The van der Waals surface area contributed by atoms with Crippen molar-refractivity contribution in [2.75, 3.05) is 46.2 Å². The number of benzene rings is 2. The molecule has 6 rings (SSSR count). The van der Waals surface area contributed by atoms with Gasteiger partial charge in [-0.1, -0.05) is 66.7 Å². The van der Waals surface area contributed by atoms with Gasteiger partial charge in [0, 0.05) is 53.5 Å². The fourth-order valence-corrected chi connectivity index (χ4v) is 9.63. The monoisotopic (exact) mass is 764 g/mol. The molecule has 3 aliphatic carbocycles. The first-order chi connectivity index (χ1) is 25.9. The number of aliphatic hydroxyl groups is 2. The van der Waals surface area contributed by atoms with Gasteiger partial charge in [0.05, 0.1) is 26.4 Å². The van der Waals surface area contributed by atoms with Crippen LogP contribution in [0.3, 0.4) is 0 Å². The van der Waals surface area contributed by atoms with Crippen molar-refractivity contribution in [1.29, 1.82) is 0 Å². The van der Waals surface area contributed by atoms with Crippen molar-refractivity contribution in [2.45, 2.75) is 112 Å². The zero-order valence-corrected chi connectivity index (χ0v) is 35.2. The first-order valence-electron chi connectivity index (χ1n) is 20.5. The molecule has 2 aromatic rings. The van der Waals surface area contributed by atoms with Crippen LogP contribution in [-0.4, -0.2) is 103 Å². The summed E-state index contributed by atoms with van der Waals surface area (Å²) < 4.78 is 6.12. The Balaban J connectivity index is 1.46. The Kier molecular flexibility index (Phi) is 14.0. The lowest BCUT2D eigenvalue weighted by Gasteiger charge is -2.62. The van der Waals surface area contributed by atoms with Crippen LogP contribution in [-0.2, 0) is 16.2 Å². The molecule has 306 valence electrons. The summed E-state index contributed by atoms with van der Waals surface area (Å²) >= 11 is 0. The van der Waals surface area contributed by atoms with Gasteiger partial charge in [0.2, 0.25) is 5.91 Å². The number of likely N-dealkylation sites (N-methyl/N-ethyl adjacent to an activating group) is 1. The van der Waals surface area contributed by atoms with Crippen molar-refractivity contribution >= 4 is 17.5 Å². The molecule has 2 bridgehead atoms. The van der Waals surface area contributed by atoms with E-state index in [0.29, 0.717) is 40.9 Å². The van der Waals surface area contributed by atoms with E-state index >= 15 is 0 Å². The van der Waals surface area contributed by atoms with Crippen molar-refractivity contribution in [3.63, 3.8) is 0 Å². The number of hydrogen-bond donors (Lipinski definition) is 5. The molecule has 55 heavy (non-hydrogen) atoms. The van der Waals surface area contributed by atoms with Gasteiger partial charge in [-0.25, -0.2) is 0 Å². The lowest BCUT2D eigenvalue weighted by atomic mass is 9.45. The summed E-state index contributed by atoms with van der Waals surface area (Å²) in [5, 5.41) is 33.2. The SMILES string of the molecule is COc1c(CN2O[C@@H](CO)[C@@H]([C@H](C)O)[C@H]2C(=O)N[C@H]2C[C@@H]3C[C@H]([C@@H]2C)C3(C)C)cccc1-c1cc(NCC(C)C)cc(C(=O)N[C@@H](CC(C)C)CN(C)C)c1. The number of rotatable bonds is 17. The number of fused-ring (bicyclic) bond motifs is 2. The number of hydroxylamine groups is 2. The first kappa shape index (κ1) is 42.9. The molecule has 0 spiro atoms. The van der Waals surface area contributed by atoms with Crippen molar-refractivity contribution in [3.05, 3.63) is 47.5 Å². The van der Waals surface area contributed by atoms with Gasteiger partial charge in [-0.3, -0.25) is 14.4 Å². The average molecular weight is 764 g/mol. The molecule has 0 aromatic heterocycles. The van der Waals surface area contributed by atoms with E-state index in [4.69, 9.17) is 9.57 Å². The molecule has 4 fully saturated rings. The topological polar surface area (TPSA) is 136 Å². The summed E-state index contributed by atoms with van der Waals surface area (Å²) in [5.41, 5.74) is 4.03. The van der Waals surface area contributed by atoms with Crippen molar-refractivity contribution < 1.29 is 29.4 Å². The highest BCUT2D eigenvalue weighted by molar-refractivity contribution is 5.97. The van der Waals surface area contributed by atoms with Crippen LogP contribution in [0.2, 0.25) is 0 Å². The third-order valence-corrected chi connectivity index (χ3v) is 12.6. The molecule has 11 heteroatoms. The van der Waals surface area contributed by atoms with Crippen molar-refractivity contribution in [3.8, 4) is 16.9 Å². The second kappa shape index (κ2) is 17.9. The van der Waals surface area contributed by atoms with E-state index < -0.39 is 24.2 Å². The van der Waals surface area contributed by atoms with E-state index in [1.165, 1.54) is 6.42 Å². The van der Waals surface area contributed by atoms with Gasteiger partial charge in [-0.05, 0) is 99.0 Å². The quantitative estimate of drug-likeness (QED) is 0.136. The third kappa shape index (κ3) is 9.67. The van der Waals surface area contributed by atoms with Crippen LogP contribution < -0.4 is 20.7 Å². The molecule has 0 radical (unpaired) electrons. The van der Waals surface area contributed by atoms with E-state index in [1.807, 2.05) is 50.5 Å². The van der Waals surface area contributed by atoms with Gasteiger partial charge in [0.25, 0.3) is 5.91 Å². The van der Waals surface area contributed by atoms with Crippen LogP contribution in [0.1, 0.15) is 90.6 Å². The van der Waals surface area contributed by atoms with E-state index in [9.17, 15) is 19.8 Å². The minimum Gasteiger partial charge on any atom is -0.496 e. The van der Waals surface area contributed by atoms with Crippen molar-refractivity contribution in [1.82, 2.24) is 20.6 Å². The number of anilines is 1. The molecule has 4 aliphatic rings. The minimum atomic E-state index is -0.897. The maximum absolute atomic E-state index is 14.3. The summed E-state index contributed by atoms with van der Waals surface area (Å²) in [5.74, 6) is 1.91. The maximum Gasteiger partial charge on any atom is 0.251 e. The zero-order valence-electron chi connectivity index (χ0n) is 35.2. The Labute approximate surface area is 329 Å². The number of para-hydroxylation sites is 1. The fourth-order valence-electron chi connectivity index (χ4n) is 9.63. The molecule has 1 saturated heterocycles. The van der Waals surface area contributed by atoms with E-state index in [0.717, 1.165) is 48.3 Å². The molecular weight excluding hydrogens is 695 g/mol. The first-order valence-corrected chi connectivity index (χ1v) is 20.5. The zero-order chi connectivity index (χ0) is 40.4. The van der Waals surface area contributed by atoms with E-state index in [2.05, 4.69) is 69.3 Å². The number of carbonyl (C=O) groups excluding carboxylic acids is 2. The van der Waals surface area contributed by atoms with Crippen LogP contribution in [0.15, 0.2) is 36.4 Å².